The Kier molecular flexibility index (Phi) is 5.01. The lowest BCUT2D eigenvalue weighted by Crippen LogP contribution is -2.45. The van der Waals surface area contributed by atoms with Crippen LogP contribution in [0.3, 0.4) is 0 Å². The number of hydrogen-bond acceptors (Lipinski definition) is 3. The second-order valence-electron chi connectivity index (χ2n) is 5.60. The highest BCUT2D eigenvalue weighted by Crippen LogP contribution is 2.22. The van der Waals surface area contributed by atoms with Crippen molar-refractivity contribution in [2.24, 2.45) is 5.92 Å². The minimum Gasteiger partial charge on any atom is -0.508 e. The zero-order valence-electron chi connectivity index (χ0n) is 12.0. The van der Waals surface area contributed by atoms with E-state index in [1.165, 1.54) is 5.56 Å². The van der Waals surface area contributed by atoms with Crippen molar-refractivity contribution in [2.75, 3.05) is 13.1 Å². The zero-order chi connectivity index (χ0) is 14.5. The summed E-state index contributed by atoms with van der Waals surface area (Å²) in [5.41, 5.74) is 1.19. The van der Waals surface area contributed by atoms with Crippen LogP contribution in [-0.2, 0) is 11.2 Å². The molecule has 20 heavy (non-hydrogen) atoms. The molecule has 0 aromatic heterocycles. The smallest absolute Gasteiger partial charge is 0.307 e. The maximum Gasteiger partial charge on any atom is 0.307 e. The highest BCUT2D eigenvalue weighted by molar-refractivity contribution is 5.70. The molecule has 0 saturated carbocycles. The number of carboxylic acid groups (broad SMARTS) is 1. The summed E-state index contributed by atoms with van der Waals surface area (Å²) >= 11 is 0. The molecule has 1 fully saturated rings. The van der Waals surface area contributed by atoms with Gasteiger partial charge in [0, 0.05) is 12.6 Å². The molecule has 1 heterocycles. The van der Waals surface area contributed by atoms with E-state index in [0.29, 0.717) is 12.6 Å². The Morgan fingerprint density at radius 2 is 2.10 bits per heavy atom. The van der Waals surface area contributed by atoms with Crippen LogP contribution in [0.15, 0.2) is 24.3 Å². The molecule has 0 amide bonds. The lowest BCUT2D eigenvalue weighted by molar-refractivity contribution is -0.143. The molecular formula is C16H23NO3. The molecule has 2 atom stereocenters. The molecule has 0 bridgehead atoms. The summed E-state index contributed by atoms with van der Waals surface area (Å²) in [7, 11) is 0. The third-order valence-electron chi connectivity index (χ3n) is 4.20. The van der Waals surface area contributed by atoms with Gasteiger partial charge in [-0.2, -0.15) is 0 Å². The molecule has 0 spiro atoms. The normalized spacial score (nSPS) is 21.6. The summed E-state index contributed by atoms with van der Waals surface area (Å²) in [5.74, 6) is -0.613. The fourth-order valence-electron chi connectivity index (χ4n) is 2.98. The Morgan fingerprint density at radius 1 is 1.40 bits per heavy atom. The molecule has 1 aromatic carbocycles. The van der Waals surface area contributed by atoms with E-state index in [1.807, 2.05) is 12.1 Å². The molecule has 1 aliphatic heterocycles. The molecule has 1 aromatic rings. The van der Waals surface area contributed by atoms with E-state index in [4.69, 9.17) is 0 Å². The quantitative estimate of drug-likeness (QED) is 0.868. The van der Waals surface area contributed by atoms with Crippen molar-refractivity contribution in [1.82, 2.24) is 4.90 Å². The number of hydrogen-bond donors (Lipinski definition) is 2. The number of aromatic hydroxyl groups is 1. The van der Waals surface area contributed by atoms with Crippen molar-refractivity contribution in [3.63, 3.8) is 0 Å². The van der Waals surface area contributed by atoms with E-state index in [1.54, 1.807) is 12.1 Å². The Hall–Kier alpha value is -1.55. The van der Waals surface area contributed by atoms with Crippen LogP contribution in [0.4, 0.5) is 0 Å². The number of carboxylic acids is 1. The third kappa shape index (κ3) is 3.73. The molecule has 4 nitrogen and oxygen atoms in total. The van der Waals surface area contributed by atoms with Gasteiger partial charge in [0.05, 0.1) is 5.92 Å². The van der Waals surface area contributed by atoms with Crippen LogP contribution < -0.4 is 0 Å². The second-order valence-corrected chi connectivity index (χ2v) is 5.60. The van der Waals surface area contributed by atoms with Gasteiger partial charge in [-0.3, -0.25) is 9.69 Å². The van der Waals surface area contributed by atoms with Crippen molar-refractivity contribution in [1.29, 1.82) is 0 Å². The summed E-state index contributed by atoms with van der Waals surface area (Å²) in [6.45, 7) is 3.79. The number of phenolic OH excluding ortho intramolecular Hbond substituents is 1. The first-order chi connectivity index (χ1) is 9.60. The van der Waals surface area contributed by atoms with Gasteiger partial charge < -0.3 is 10.2 Å². The van der Waals surface area contributed by atoms with Crippen molar-refractivity contribution in [3.05, 3.63) is 29.8 Å². The maximum atomic E-state index is 11.2. The average Bonchev–Trinajstić information content (AvgIpc) is 2.46. The van der Waals surface area contributed by atoms with Gasteiger partial charge in [-0.1, -0.05) is 19.1 Å². The molecule has 4 heteroatoms. The van der Waals surface area contributed by atoms with Crippen LogP contribution in [0.1, 0.15) is 31.7 Å². The number of piperidine rings is 1. The molecular weight excluding hydrogens is 254 g/mol. The lowest BCUT2D eigenvalue weighted by atomic mass is 9.94. The fraction of sp³-hybridized carbons (Fsp3) is 0.562. The first-order valence-corrected chi connectivity index (χ1v) is 7.35. The van der Waals surface area contributed by atoms with E-state index in [9.17, 15) is 15.0 Å². The number of rotatable bonds is 5. The van der Waals surface area contributed by atoms with E-state index < -0.39 is 5.97 Å². The van der Waals surface area contributed by atoms with Gasteiger partial charge in [0.25, 0.3) is 0 Å². The van der Waals surface area contributed by atoms with Crippen LogP contribution in [-0.4, -0.2) is 40.2 Å². The number of aliphatic carboxylic acids is 1. The van der Waals surface area contributed by atoms with Crippen LogP contribution in [0.25, 0.3) is 0 Å². The van der Waals surface area contributed by atoms with Crippen LogP contribution >= 0.6 is 0 Å². The molecule has 2 N–H and O–H groups in total. The highest BCUT2D eigenvalue weighted by Gasteiger charge is 2.28. The molecule has 2 unspecified atom stereocenters. The van der Waals surface area contributed by atoms with Gasteiger partial charge in [0.2, 0.25) is 0 Å². The number of nitrogens with zero attached hydrogens (tertiary/aromatic N) is 1. The molecule has 0 radical (unpaired) electrons. The summed E-state index contributed by atoms with van der Waals surface area (Å²) in [6, 6.07) is 7.67. The SMILES string of the molecule is CCC(Cc1ccc(O)cc1)N1CCCC(C(=O)O)C1. The Labute approximate surface area is 120 Å². The monoisotopic (exact) mass is 277 g/mol. The number of benzene rings is 1. The fourth-order valence-corrected chi connectivity index (χ4v) is 2.98. The standard InChI is InChI=1S/C16H23NO3/c1-2-14(10-12-5-7-15(18)8-6-12)17-9-3-4-13(11-17)16(19)20/h5-8,13-14,18H,2-4,9-11H2,1H3,(H,19,20). The maximum absolute atomic E-state index is 11.2. The lowest BCUT2D eigenvalue weighted by Gasteiger charge is -2.36. The van der Waals surface area contributed by atoms with Crippen molar-refractivity contribution < 1.29 is 15.0 Å². The largest absolute Gasteiger partial charge is 0.508 e. The van der Waals surface area contributed by atoms with Crippen molar-refractivity contribution in [2.45, 2.75) is 38.6 Å². The van der Waals surface area contributed by atoms with Crippen molar-refractivity contribution >= 4 is 5.97 Å². The number of likely N-dealkylation sites (tertiary alicyclic amines) is 1. The topological polar surface area (TPSA) is 60.8 Å². The molecule has 0 aliphatic carbocycles. The first kappa shape index (κ1) is 14.9. The summed E-state index contributed by atoms with van der Waals surface area (Å²) in [5, 5.41) is 18.5. The van der Waals surface area contributed by atoms with Gasteiger partial charge in [0.15, 0.2) is 0 Å². The summed E-state index contributed by atoms with van der Waals surface area (Å²) in [4.78, 5) is 13.5. The van der Waals surface area contributed by atoms with E-state index in [0.717, 1.165) is 32.2 Å². The van der Waals surface area contributed by atoms with Gasteiger partial charge in [-0.15, -0.1) is 0 Å². The highest BCUT2D eigenvalue weighted by atomic mass is 16.4. The van der Waals surface area contributed by atoms with Gasteiger partial charge in [0.1, 0.15) is 5.75 Å². The number of carbonyl (C=O) groups is 1. The molecule has 2 rings (SSSR count). The summed E-state index contributed by atoms with van der Waals surface area (Å²) < 4.78 is 0. The van der Waals surface area contributed by atoms with E-state index in [-0.39, 0.29) is 11.7 Å². The first-order valence-electron chi connectivity index (χ1n) is 7.35. The predicted octanol–water partition coefficient (Wildman–Crippen LogP) is 2.51. The van der Waals surface area contributed by atoms with Crippen molar-refractivity contribution in [3.8, 4) is 5.75 Å². The molecule has 110 valence electrons. The third-order valence-corrected chi connectivity index (χ3v) is 4.20. The Morgan fingerprint density at radius 3 is 2.70 bits per heavy atom. The van der Waals surface area contributed by atoms with Gasteiger partial charge in [-0.05, 0) is 49.9 Å². The minimum absolute atomic E-state index is 0.224. The summed E-state index contributed by atoms with van der Waals surface area (Å²) in [6.07, 6.45) is 3.67. The Balaban J connectivity index is 2.00. The van der Waals surface area contributed by atoms with Gasteiger partial charge in [-0.25, -0.2) is 0 Å². The van der Waals surface area contributed by atoms with E-state index in [2.05, 4.69) is 11.8 Å². The van der Waals surface area contributed by atoms with Crippen LogP contribution in [0.5, 0.6) is 5.75 Å². The second kappa shape index (κ2) is 6.75. The van der Waals surface area contributed by atoms with Crippen LogP contribution in [0, 0.1) is 5.92 Å². The molecule has 1 aliphatic rings. The Bertz CT molecular complexity index is 444. The van der Waals surface area contributed by atoms with E-state index >= 15 is 0 Å². The van der Waals surface area contributed by atoms with Crippen LogP contribution in [0.2, 0.25) is 0 Å². The zero-order valence-corrected chi connectivity index (χ0v) is 12.0. The average molecular weight is 277 g/mol. The number of phenols is 1. The predicted molar refractivity (Wildman–Crippen MR) is 77.8 cm³/mol. The van der Waals surface area contributed by atoms with Gasteiger partial charge >= 0.3 is 5.97 Å². The minimum atomic E-state index is -0.672. The molecule has 1 saturated heterocycles.